The van der Waals surface area contributed by atoms with Crippen molar-refractivity contribution in [2.75, 3.05) is 6.61 Å². The molecule has 0 radical (unpaired) electrons. The van der Waals surface area contributed by atoms with Gasteiger partial charge in [-0.05, 0) is 31.4 Å². The predicted octanol–water partition coefficient (Wildman–Crippen LogP) is 3.82. The Morgan fingerprint density at radius 1 is 1.15 bits per heavy atom. The second-order valence-electron chi connectivity index (χ2n) is 5.74. The van der Waals surface area contributed by atoms with E-state index in [1.165, 1.54) is 44.9 Å². The fraction of sp³-hybridized carbons (Fsp3) is 0.706. The Labute approximate surface area is 123 Å². The molecule has 112 valence electrons. The highest BCUT2D eigenvalue weighted by molar-refractivity contribution is 5.10. The molecule has 0 spiro atoms. The summed E-state index contributed by atoms with van der Waals surface area (Å²) in [6.45, 7) is 4.63. The number of rotatable bonds is 11. The van der Waals surface area contributed by atoms with Crippen LogP contribution in [-0.4, -0.2) is 17.6 Å². The zero-order chi connectivity index (χ0) is 14.0. The Bertz CT molecular complexity index is 377. The van der Waals surface area contributed by atoms with Crippen LogP contribution in [0.15, 0.2) is 18.2 Å². The summed E-state index contributed by atoms with van der Waals surface area (Å²) in [4.78, 5) is 4.63. The maximum absolute atomic E-state index is 5.71. The Morgan fingerprint density at radius 2 is 1.95 bits per heavy atom. The molecule has 1 N–H and O–H groups in total. The van der Waals surface area contributed by atoms with Crippen LogP contribution in [0.3, 0.4) is 0 Å². The summed E-state index contributed by atoms with van der Waals surface area (Å²) in [7, 11) is 0. The molecule has 0 bridgehead atoms. The third kappa shape index (κ3) is 6.49. The van der Waals surface area contributed by atoms with Crippen molar-refractivity contribution >= 4 is 0 Å². The summed E-state index contributed by atoms with van der Waals surface area (Å²) >= 11 is 0. The average molecular weight is 276 g/mol. The zero-order valence-corrected chi connectivity index (χ0v) is 12.7. The maximum Gasteiger partial charge on any atom is 0.0887 e. The van der Waals surface area contributed by atoms with E-state index in [4.69, 9.17) is 4.74 Å². The largest absolute Gasteiger partial charge is 0.375 e. The molecule has 1 aliphatic rings. The summed E-state index contributed by atoms with van der Waals surface area (Å²) in [5.41, 5.74) is 2.18. The van der Waals surface area contributed by atoms with Crippen LogP contribution in [0.25, 0.3) is 0 Å². The lowest BCUT2D eigenvalue weighted by Crippen LogP contribution is -2.16. The number of aromatic nitrogens is 1. The molecule has 0 aromatic carbocycles. The van der Waals surface area contributed by atoms with E-state index in [0.29, 0.717) is 6.61 Å². The van der Waals surface area contributed by atoms with Crippen LogP contribution in [-0.2, 0) is 17.9 Å². The first-order chi connectivity index (χ1) is 9.88. The van der Waals surface area contributed by atoms with Crippen molar-refractivity contribution < 1.29 is 4.74 Å². The molecule has 20 heavy (non-hydrogen) atoms. The topological polar surface area (TPSA) is 34.1 Å². The smallest absolute Gasteiger partial charge is 0.0887 e. The Hall–Kier alpha value is -0.930. The van der Waals surface area contributed by atoms with Gasteiger partial charge in [-0.1, -0.05) is 38.7 Å². The van der Waals surface area contributed by atoms with Gasteiger partial charge in [0.15, 0.2) is 0 Å². The highest BCUT2D eigenvalue weighted by Gasteiger charge is 2.20. The molecule has 3 nitrogen and oxygen atoms in total. The first-order valence-electron chi connectivity index (χ1n) is 8.14. The molecule has 1 heterocycles. The fourth-order valence-corrected chi connectivity index (χ4v) is 2.23. The standard InChI is InChI=1S/C17H28N2O/c1-2-3-4-5-6-12-20-14-17-9-7-8-16(19-17)13-18-15-10-11-15/h7-9,15,18H,2-6,10-14H2,1H3. The molecule has 1 aliphatic carbocycles. The van der Waals surface area contributed by atoms with Gasteiger partial charge in [-0.3, -0.25) is 4.98 Å². The summed E-state index contributed by atoms with van der Waals surface area (Å²) in [5, 5.41) is 3.49. The van der Waals surface area contributed by atoms with E-state index in [9.17, 15) is 0 Å². The van der Waals surface area contributed by atoms with Gasteiger partial charge in [0.25, 0.3) is 0 Å². The minimum absolute atomic E-state index is 0.644. The number of pyridine rings is 1. The molecule has 1 aromatic rings. The van der Waals surface area contributed by atoms with E-state index in [-0.39, 0.29) is 0 Å². The molecule has 0 aliphatic heterocycles. The summed E-state index contributed by atoms with van der Waals surface area (Å²) in [5.74, 6) is 0. The monoisotopic (exact) mass is 276 g/mol. The van der Waals surface area contributed by atoms with Gasteiger partial charge in [-0.2, -0.15) is 0 Å². The van der Waals surface area contributed by atoms with Crippen LogP contribution >= 0.6 is 0 Å². The minimum Gasteiger partial charge on any atom is -0.375 e. The van der Waals surface area contributed by atoms with Crippen LogP contribution < -0.4 is 5.32 Å². The van der Waals surface area contributed by atoms with Gasteiger partial charge in [-0.25, -0.2) is 0 Å². The lowest BCUT2D eigenvalue weighted by molar-refractivity contribution is 0.114. The molecule has 0 unspecified atom stereocenters. The summed E-state index contributed by atoms with van der Waals surface area (Å²) < 4.78 is 5.71. The van der Waals surface area contributed by atoms with E-state index < -0.39 is 0 Å². The van der Waals surface area contributed by atoms with Crippen molar-refractivity contribution in [3.63, 3.8) is 0 Å². The maximum atomic E-state index is 5.71. The molecule has 2 rings (SSSR count). The number of hydrogen-bond donors (Lipinski definition) is 1. The third-order valence-electron chi connectivity index (χ3n) is 3.66. The quantitative estimate of drug-likeness (QED) is 0.624. The molecule has 0 saturated heterocycles. The van der Waals surface area contributed by atoms with Crippen molar-refractivity contribution in [3.8, 4) is 0 Å². The Kier molecular flexibility index (Phi) is 7.02. The second kappa shape index (κ2) is 9.09. The first-order valence-corrected chi connectivity index (χ1v) is 8.14. The van der Waals surface area contributed by atoms with Crippen LogP contribution in [0.4, 0.5) is 0 Å². The van der Waals surface area contributed by atoms with Crippen LogP contribution in [0.5, 0.6) is 0 Å². The summed E-state index contributed by atoms with van der Waals surface area (Å²) in [6, 6.07) is 6.96. The molecule has 0 amide bonds. The van der Waals surface area contributed by atoms with E-state index in [0.717, 1.165) is 30.6 Å². The number of ether oxygens (including phenoxy) is 1. The molecular formula is C17H28N2O. The van der Waals surface area contributed by atoms with Gasteiger partial charge in [0.05, 0.1) is 18.0 Å². The number of unbranched alkanes of at least 4 members (excludes halogenated alkanes) is 4. The zero-order valence-electron chi connectivity index (χ0n) is 12.7. The minimum atomic E-state index is 0.644. The average Bonchev–Trinajstić information content (AvgIpc) is 3.29. The van der Waals surface area contributed by atoms with Gasteiger partial charge >= 0.3 is 0 Å². The fourth-order valence-electron chi connectivity index (χ4n) is 2.23. The Balaban J connectivity index is 1.58. The van der Waals surface area contributed by atoms with Crippen molar-refractivity contribution in [1.82, 2.24) is 10.3 Å². The van der Waals surface area contributed by atoms with Gasteiger partial charge in [0.1, 0.15) is 0 Å². The molecule has 1 fully saturated rings. The molecule has 3 heteroatoms. The van der Waals surface area contributed by atoms with Gasteiger partial charge < -0.3 is 10.1 Å². The predicted molar refractivity (Wildman–Crippen MR) is 82.5 cm³/mol. The third-order valence-corrected chi connectivity index (χ3v) is 3.66. The highest BCUT2D eigenvalue weighted by Crippen LogP contribution is 2.19. The van der Waals surface area contributed by atoms with E-state index in [1.807, 2.05) is 0 Å². The number of nitrogens with zero attached hydrogens (tertiary/aromatic N) is 1. The Morgan fingerprint density at radius 3 is 2.75 bits per heavy atom. The SMILES string of the molecule is CCCCCCCOCc1cccc(CNC2CC2)n1. The van der Waals surface area contributed by atoms with Crippen molar-refractivity contribution in [3.05, 3.63) is 29.6 Å². The lowest BCUT2D eigenvalue weighted by Gasteiger charge is -2.07. The lowest BCUT2D eigenvalue weighted by atomic mass is 10.2. The highest BCUT2D eigenvalue weighted by atomic mass is 16.5. The molecule has 0 atom stereocenters. The van der Waals surface area contributed by atoms with E-state index >= 15 is 0 Å². The molecule has 1 aromatic heterocycles. The first kappa shape index (κ1) is 15.5. The molecular weight excluding hydrogens is 248 g/mol. The number of hydrogen-bond acceptors (Lipinski definition) is 3. The number of nitrogens with one attached hydrogen (secondary N) is 1. The van der Waals surface area contributed by atoms with E-state index in [1.54, 1.807) is 0 Å². The van der Waals surface area contributed by atoms with Crippen molar-refractivity contribution in [2.24, 2.45) is 0 Å². The van der Waals surface area contributed by atoms with Crippen LogP contribution in [0.2, 0.25) is 0 Å². The van der Waals surface area contributed by atoms with E-state index in [2.05, 4.69) is 35.4 Å². The second-order valence-corrected chi connectivity index (χ2v) is 5.74. The summed E-state index contributed by atoms with van der Waals surface area (Å²) in [6.07, 6.45) is 9.07. The van der Waals surface area contributed by atoms with Gasteiger partial charge in [0, 0.05) is 19.2 Å². The normalized spacial score (nSPS) is 14.7. The van der Waals surface area contributed by atoms with Gasteiger partial charge in [0.2, 0.25) is 0 Å². The van der Waals surface area contributed by atoms with Crippen LogP contribution in [0, 0.1) is 0 Å². The molecule has 1 saturated carbocycles. The van der Waals surface area contributed by atoms with Crippen LogP contribution in [0.1, 0.15) is 63.3 Å². The van der Waals surface area contributed by atoms with Crippen molar-refractivity contribution in [1.29, 1.82) is 0 Å². The van der Waals surface area contributed by atoms with Crippen molar-refractivity contribution in [2.45, 2.75) is 71.1 Å². The van der Waals surface area contributed by atoms with Gasteiger partial charge in [-0.15, -0.1) is 0 Å².